The van der Waals surface area contributed by atoms with Gasteiger partial charge in [-0.15, -0.1) is 24.8 Å². The van der Waals surface area contributed by atoms with E-state index in [2.05, 4.69) is 15.3 Å². The first kappa shape index (κ1) is 22.5. The van der Waals surface area contributed by atoms with E-state index in [1.165, 1.54) is 0 Å². The molecule has 0 radical (unpaired) electrons. The lowest BCUT2D eigenvalue weighted by Gasteiger charge is -2.25. The highest BCUT2D eigenvalue weighted by Gasteiger charge is 2.27. The van der Waals surface area contributed by atoms with Crippen LogP contribution in [0.5, 0.6) is 0 Å². The predicted octanol–water partition coefficient (Wildman–Crippen LogP) is 1.60. The second-order valence-electron chi connectivity index (χ2n) is 6.10. The van der Waals surface area contributed by atoms with Crippen molar-refractivity contribution in [2.75, 3.05) is 26.0 Å². The number of aromatic nitrogens is 2. The molecule has 0 aliphatic rings. The van der Waals surface area contributed by atoms with E-state index in [9.17, 15) is 4.79 Å². The highest BCUT2D eigenvalue weighted by Crippen LogP contribution is 2.18. The monoisotopic (exact) mass is 339 g/mol. The average molecular weight is 340 g/mol. The van der Waals surface area contributed by atoms with E-state index in [1.54, 1.807) is 10.7 Å². The van der Waals surface area contributed by atoms with Crippen LogP contribution in [0.25, 0.3) is 0 Å². The van der Waals surface area contributed by atoms with Crippen LogP contribution in [0.15, 0.2) is 12.3 Å². The minimum atomic E-state index is -0.556. The fourth-order valence-corrected chi connectivity index (χ4v) is 1.45. The number of halogens is 2. The van der Waals surface area contributed by atoms with Gasteiger partial charge in [0.2, 0.25) is 5.91 Å². The summed E-state index contributed by atoms with van der Waals surface area (Å²) in [5.41, 5.74) is 5.63. The van der Waals surface area contributed by atoms with Gasteiger partial charge in [0, 0.05) is 18.8 Å². The molecule has 1 atom stereocenters. The minimum absolute atomic E-state index is 0. The zero-order valence-electron chi connectivity index (χ0n) is 13.3. The van der Waals surface area contributed by atoms with Gasteiger partial charge in [-0.05, 0) is 19.5 Å². The molecule has 0 aliphatic carbocycles. The normalized spacial score (nSPS) is 12.3. The first-order valence-electron chi connectivity index (χ1n) is 6.45. The van der Waals surface area contributed by atoms with E-state index in [0.29, 0.717) is 5.82 Å². The Labute approximate surface area is 139 Å². The molecule has 0 aromatic carbocycles. The number of nitrogens with zero attached hydrogens (tertiary/aromatic N) is 3. The van der Waals surface area contributed by atoms with Crippen LogP contribution in [0.1, 0.15) is 20.8 Å². The number of anilines is 1. The van der Waals surface area contributed by atoms with Gasteiger partial charge in [-0.2, -0.15) is 5.10 Å². The Hall–Kier alpha value is -0.820. The van der Waals surface area contributed by atoms with E-state index >= 15 is 0 Å². The quantitative estimate of drug-likeness (QED) is 0.854. The zero-order chi connectivity index (χ0) is 14.6. The van der Waals surface area contributed by atoms with Crippen LogP contribution < -0.4 is 11.1 Å². The Balaban J connectivity index is 0. The van der Waals surface area contributed by atoms with E-state index in [-0.39, 0.29) is 36.1 Å². The topological polar surface area (TPSA) is 76.2 Å². The molecule has 1 rings (SSSR count). The molecule has 0 bridgehead atoms. The van der Waals surface area contributed by atoms with Crippen molar-refractivity contribution >= 4 is 36.5 Å². The fourth-order valence-electron chi connectivity index (χ4n) is 1.45. The lowest BCUT2D eigenvalue weighted by Crippen LogP contribution is -2.45. The number of nitrogens with one attached hydrogen (secondary N) is 1. The molecule has 0 saturated heterocycles. The molecule has 0 fully saturated rings. The molecule has 21 heavy (non-hydrogen) atoms. The van der Waals surface area contributed by atoms with E-state index in [4.69, 9.17) is 5.73 Å². The Bertz CT molecular complexity index is 428. The number of hydrogen-bond acceptors (Lipinski definition) is 4. The van der Waals surface area contributed by atoms with Crippen LogP contribution >= 0.6 is 24.8 Å². The molecule has 0 saturated carbocycles. The van der Waals surface area contributed by atoms with Gasteiger partial charge in [0.05, 0.1) is 12.6 Å². The number of hydrogen-bond donors (Lipinski definition) is 2. The third-order valence-corrected chi connectivity index (χ3v) is 2.88. The lowest BCUT2D eigenvalue weighted by molar-refractivity contribution is -0.119. The summed E-state index contributed by atoms with van der Waals surface area (Å²) < 4.78 is 1.80. The molecule has 3 N–H and O–H groups in total. The van der Waals surface area contributed by atoms with E-state index in [1.807, 2.05) is 41.1 Å². The average Bonchev–Trinajstić information content (AvgIpc) is 2.71. The van der Waals surface area contributed by atoms with Crippen LogP contribution in [0.3, 0.4) is 0 Å². The van der Waals surface area contributed by atoms with Crippen molar-refractivity contribution in [3.63, 3.8) is 0 Å². The molecule has 0 unspecified atom stereocenters. The van der Waals surface area contributed by atoms with E-state index < -0.39 is 6.04 Å². The molecule has 6 nitrogen and oxygen atoms in total. The fraction of sp³-hybridized carbons (Fsp3) is 0.692. The Kier molecular flexibility index (Phi) is 9.89. The highest BCUT2D eigenvalue weighted by atomic mass is 35.5. The first-order valence-corrected chi connectivity index (χ1v) is 6.45. The van der Waals surface area contributed by atoms with Crippen LogP contribution in [0, 0.1) is 5.41 Å². The number of carbonyl (C=O) groups excluding carboxylic acids is 1. The number of rotatable bonds is 5. The summed E-state index contributed by atoms with van der Waals surface area (Å²) in [5.74, 6) is 0.341. The molecular formula is C13H27Cl2N5O. The van der Waals surface area contributed by atoms with Crippen LogP contribution in [0.2, 0.25) is 0 Å². The van der Waals surface area contributed by atoms with Gasteiger partial charge < -0.3 is 16.0 Å². The van der Waals surface area contributed by atoms with Crippen molar-refractivity contribution < 1.29 is 4.79 Å². The highest BCUT2D eigenvalue weighted by molar-refractivity contribution is 5.94. The molecule has 8 heteroatoms. The van der Waals surface area contributed by atoms with Crippen LogP contribution in [-0.2, 0) is 11.3 Å². The first-order chi connectivity index (χ1) is 8.70. The summed E-state index contributed by atoms with van der Waals surface area (Å²) in [5, 5.41) is 7.04. The van der Waals surface area contributed by atoms with Gasteiger partial charge in [-0.25, -0.2) is 0 Å². The summed E-state index contributed by atoms with van der Waals surface area (Å²) in [6.45, 7) is 7.50. The van der Waals surface area contributed by atoms with Crippen molar-refractivity contribution in [1.29, 1.82) is 0 Å². The number of nitrogens with two attached hydrogens (primary N) is 1. The zero-order valence-corrected chi connectivity index (χ0v) is 14.9. The predicted molar refractivity (Wildman–Crippen MR) is 91.3 cm³/mol. The van der Waals surface area contributed by atoms with Crippen molar-refractivity contribution in [2.45, 2.75) is 33.4 Å². The van der Waals surface area contributed by atoms with Crippen molar-refractivity contribution in [3.05, 3.63) is 12.3 Å². The standard InChI is InChI=1S/C13H25N5O.2ClH/c1-13(2,3)11(14)12(19)15-10-6-7-18(16-10)9-8-17(4)5;;/h6-7,11H,8-9,14H2,1-5H3,(H,15,16,19);2*1H/t11-;;/m1../s1. The van der Waals surface area contributed by atoms with Gasteiger partial charge in [0.1, 0.15) is 0 Å². The molecular weight excluding hydrogens is 313 g/mol. The minimum Gasteiger partial charge on any atom is -0.319 e. The summed E-state index contributed by atoms with van der Waals surface area (Å²) in [4.78, 5) is 14.0. The Morgan fingerprint density at radius 2 is 2.00 bits per heavy atom. The number of carbonyl (C=O) groups is 1. The summed E-state index contributed by atoms with van der Waals surface area (Å²) in [6.07, 6.45) is 1.85. The molecule has 1 aromatic heterocycles. The Morgan fingerprint density at radius 3 is 2.48 bits per heavy atom. The van der Waals surface area contributed by atoms with Gasteiger partial charge >= 0.3 is 0 Å². The second kappa shape index (κ2) is 9.25. The number of amides is 1. The molecule has 0 aliphatic heterocycles. The largest absolute Gasteiger partial charge is 0.319 e. The molecule has 1 aromatic rings. The summed E-state index contributed by atoms with van der Waals surface area (Å²) >= 11 is 0. The van der Waals surface area contributed by atoms with Crippen LogP contribution in [0.4, 0.5) is 5.82 Å². The Morgan fingerprint density at radius 1 is 1.43 bits per heavy atom. The smallest absolute Gasteiger partial charge is 0.243 e. The molecule has 1 heterocycles. The SMILES string of the molecule is CN(C)CCn1ccc(NC(=O)[C@@H](N)C(C)(C)C)n1.Cl.Cl. The van der Waals surface area contributed by atoms with Gasteiger partial charge in [0.25, 0.3) is 0 Å². The lowest BCUT2D eigenvalue weighted by atomic mass is 9.87. The maximum Gasteiger partial charge on any atom is 0.243 e. The third kappa shape index (κ3) is 7.66. The molecule has 124 valence electrons. The summed E-state index contributed by atoms with van der Waals surface area (Å²) in [7, 11) is 4.02. The third-order valence-electron chi connectivity index (χ3n) is 2.88. The van der Waals surface area contributed by atoms with Gasteiger partial charge in [-0.1, -0.05) is 20.8 Å². The van der Waals surface area contributed by atoms with Crippen molar-refractivity contribution in [2.24, 2.45) is 11.1 Å². The maximum absolute atomic E-state index is 11.9. The number of likely N-dealkylation sites (N-methyl/N-ethyl adjacent to an activating group) is 1. The van der Waals surface area contributed by atoms with Crippen molar-refractivity contribution in [1.82, 2.24) is 14.7 Å². The maximum atomic E-state index is 11.9. The van der Waals surface area contributed by atoms with E-state index in [0.717, 1.165) is 13.1 Å². The van der Waals surface area contributed by atoms with Crippen LogP contribution in [-0.4, -0.2) is 47.3 Å². The molecule has 1 amide bonds. The van der Waals surface area contributed by atoms with Gasteiger partial charge in [-0.3, -0.25) is 9.48 Å². The second-order valence-corrected chi connectivity index (χ2v) is 6.10. The summed E-state index contributed by atoms with van der Waals surface area (Å²) in [6, 6.07) is 1.22. The van der Waals surface area contributed by atoms with Gasteiger partial charge in [0.15, 0.2) is 5.82 Å². The molecule has 0 spiro atoms. The van der Waals surface area contributed by atoms with Crippen molar-refractivity contribution in [3.8, 4) is 0 Å².